The third-order valence-corrected chi connectivity index (χ3v) is 7.03. The highest BCUT2D eigenvalue weighted by molar-refractivity contribution is 7.62. The van der Waals surface area contributed by atoms with E-state index >= 15 is 0 Å². The fraction of sp³-hybridized carbons (Fsp3) is 0.545. The van der Waals surface area contributed by atoms with Gasteiger partial charge in [0.25, 0.3) is 5.56 Å². The molecule has 2 fully saturated rings. The second kappa shape index (κ2) is 7.21. The van der Waals surface area contributed by atoms with Crippen LogP contribution in [0.4, 0.5) is 5.95 Å². The molecule has 0 saturated carbocycles. The number of ether oxygens (including phenoxy) is 1. The predicted molar refractivity (Wildman–Crippen MR) is 90.0 cm³/mol. The maximum absolute atomic E-state index is 11.9. The minimum atomic E-state index is -4.89. The Hall–Kier alpha value is -1.71. The molecule has 0 aliphatic carbocycles. The summed E-state index contributed by atoms with van der Waals surface area (Å²) in [6.45, 7) is -1.10. The molecule has 2 aliphatic heterocycles. The van der Waals surface area contributed by atoms with Crippen LogP contribution in [0.25, 0.3) is 11.2 Å². The quantitative estimate of drug-likeness (QED) is 0.314. The number of hydrogen-bond donors (Lipinski definition) is 5. The first-order chi connectivity index (χ1) is 13.6. The molecule has 2 saturated heterocycles. The smallest absolute Gasteiger partial charge is 0.387 e. The topological polar surface area (TPSA) is 231 Å². The van der Waals surface area contributed by atoms with Crippen molar-refractivity contribution >= 4 is 32.8 Å². The molecule has 0 bridgehead atoms. The first kappa shape index (κ1) is 20.6. The molecule has 160 valence electrons. The van der Waals surface area contributed by atoms with Crippen LogP contribution in [-0.4, -0.2) is 66.3 Å². The standard InChI is InChI=1S/C11H15N5O11P2/c12-11-14-8-5(9(19)15-11)13-2-16(8)10-7(18)6(17)4(26-10)1-23-28(20,21)27-29(22)24-3-25-29/h2,4,6-7,10,17-18H,1,3H2,(H,20,21)(H3,12,14,15,19)/t4-,6-,7-,10-/m1/s1. The molecule has 2 aliphatic rings. The minimum absolute atomic E-state index is 0.0161. The summed E-state index contributed by atoms with van der Waals surface area (Å²) in [5.41, 5.74) is 4.79. The van der Waals surface area contributed by atoms with E-state index in [1.165, 1.54) is 0 Å². The molecule has 0 radical (unpaired) electrons. The molecule has 2 aromatic heterocycles. The molecule has 16 nitrogen and oxygen atoms in total. The van der Waals surface area contributed by atoms with Crippen LogP contribution < -0.4 is 11.3 Å². The molecule has 6 N–H and O–H groups in total. The summed E-state index contributed by atoms with van der Waals surface area (Å²) in [7, 11) is -9.04. The number of aliphatic hydroxyl groups excluding tert-OH is 2. The maximum Gasteiger partial charge on any atom is 0.488 e. The zero-order valence-corrected chi connectivity index (χ0v) is 16.0. The number of hydrogen-bond acceptors (Lipinski definition) is 13. The molecule has 2 aromatic rings. The van der Waals surface area contributed by atoms with Crippen molar-refractivity contribution in [3.63, 3.8) is 0 Å². The zero-order chi connectivity index (χ0) is 21.0. The lowest BCUT2D eigenvalue weighted by Crippen LogP contribution is -2.33. The van der Waals surface area contributed by atoms with E-state index in [1.54, 1.807) is 0 Å². The van der Waals surface area contributed by atoms with Crippen LogP contribution in [0.1, 0.15) is 6.23 Å². The van der Waals surface area contributed by atoms with Crippen LogP contribution in [0.3, 0.4) is 0 Å². The molecule has 18 heteroatoms. The van der Waals surface area contributed by atoms with Crippen LogP contribution >= 0.6 is 15.6 Å². The highest BCUT2D eigenvalue weighted by Crippen LogP contribution is 2.67. The fourth-order valence-corrected chi connectivity index (χ4v) is 4.92. The minimum Gasteiger partial charge on any atom is -0.387 e. The highest BCUT2D eigenvalue weighted by atomic mass is 31.3. The average Bonchev–Trinajstić information content (AvgIpc) is 3.14. The highest BCUT2D eigenvalue weighted by Gasteiger charge is 2.48. The second-order valence-corrected chi connectivity index (χ2v) is 9.25. The van der Waals surface area contributed by atoms with E-state index in [0.717, 1.165) is 10.9 Å². The molecule has 5 atom stereocenters. The van der Waals surface area contributed by atoms with Gasteiger partial charge in [0, 0.05) is 0 Å². The number of aromatic amines is 1. The van der Waals surface area contributed by atoms with Crippen LogP contribution in [0.15, 0.2) is 11.1 Å². The van der Waals surface area contributed by atoms with E-state index in [1.807, 2.05) is 0 Å². The number of nitrogens with one attached hydrogen (secondary N) is 1. The number of nitrogens with zero attached hydrogens (tertiary/aromatic N) is 3. The summed E-state index contributed by atoms with van der Waals surface area (Å²) in [5, 5.41) is 20.5. The summed E-state index contributed by atoms with van der Waals surface area (Å²) in [6, 6.07) is 0. The van der Waals surface area contributed by atoms with Crippen LogP contribution in [0, 0.1) is 0 Å². The first-order valence-electron chi connectivity index (χ1n) is 7.90. The van der Waals surface area contributed by atoms with Crippen molar-refractivity contribution in [2.75, 3.05) is 19.1 Å². The van der Waals surface area contributed by atoms with Gasteiger partial charge < -0.3 is 25.6 Å². The summed E-state index contributed by atoms with van der Waals surface area (Å²) >= 11 is 0. The summed E-state index contributed by atoms with van der Waals surface area (Å²) in [4.78, 5) is 31.5. The van der Waals surface area contributed by atoms with Crippen molar-refractivity contribution in [3.8, 4) is 0 Å². The van der Waals surface area contributed by atoms with E-state index in [0.29, 0.717) is 0 Å². The number of aromatic nitrogens is 4. The molecule has 0 spiro atoms. The van der Waals surface area contributed by atoms with Gasteiger partial charge in [0.2, 0.25) is 5.95 Å². The molecule has 0 amide bonds. The molecule has 4 rings (SSSR count). The van der Waals surface area contributed by atoms with Gasteiger partial charge in [-0.3, -0.25) is 27.9 Å². The van der Waals surface area contributed by atoms with E-state index < -0.39 is 52.4 Å². The van der Waals surface area contributed by atoms with Gasteiger partial charge in [-0.05, 0) is 0 Å². The molecule has 29 heavy (non-hydrogen) atoms. The third-order valence-electron chi connectivity index (χ3n) is 4.09. The van der Waals surface area contributed by atoms with Crippen molar-refractivity contribution in [2.45, 2.75) is 24.5 Å². The Morgan fingerprint density at radius 2 is 2.14 bits per heavy atom. The average molecular weight is 455 g/mol. The lowest BCUT2D eigenvalue weighted by Gasteiger charge is -2.26. The number of nitrogen functional groups attached to an aromatic ring is 1. The fourth-order valence-electron chi connectivity index (χ4n) is 2.73. The van der Waals surface area contributed by atoms with Gasteiger partial charge in [0.1, 0.15) is 18.3 Å². The van der Waals surface area contributed by atoms with Gasteiger partial charge in [-0.15, -0.1) is 0 Å². The Balaban J connectivity index is 1.49. The molecular weight excluding hydrogens is 440 g/mol. The Morgan fingerprint density at radius 3 is 2.79 bits per heavy atom. The number of imidazole rings is 1. The van der Waals surface area contributed by atoms with Gasteiger partial charge in [-0.1, -0.05) is 0 Å². The largest absolute Gasteiger partial charge is 0.488 e. The number of fused-ring (bicyclic) bond motifs is 1. The van der Waals surface area contributed by atoms with Crippen molar-refractivity contribution in [1.82, 2.24) is 19.5 Å². The number of anilines is 1. The monoisotopic (exact) mass is 455 g/mol. The van der Waals surface area contributed by atoms with Gasteiger partial charge in [0.15, 0.2) is 24.2 Å². The predicted octanol–water partition coefficient (Wildman–Crippen LogP) is -1.43. The van der Waals surface area contributed by atoms with E-state index in [2.05, 4.69) is 32.8 Å². The van der Waals surface area contributed by atoms with Crippen molar-refractivity contribution in [2.24, 2.45) is 0 Å². The van der Waals surface area contributed by atoms with E-state index in [4.69, 9.17) is 10.5 Å². The Kier molecular flexibility index (Phi) is 5.11. The van der Waals surface area contributed by atoms with Crippen LogP contribution in [0.5, 0.6) is 0 Å². The van der Waals surface area contributed by atoms with Crippen LogP contribution in [0.2, 0.25) is 0 Å². The summed E-state index contributed by atoms with van der Waals surface area (Å²) in [5.74, 6) is -0.203. The van der Waals surface area contributed by atoms with Crippen molar-refractivity contribution in [3.05, 3.63) is 16.7 Å². The summed E-state index contributed by atoms with van der Waals surface area (Å²) < 4.78 is 47.7. The van der Waals surface area contributed by atoms with E-state index in [9.17, 15) is 29.0 Å². The maximum atomic E-state index is 11.9. The number of phosphoric acid groups is 2. The SMILES string of the molecule is Nc1nc2c(ncn2[C@@H]2O[C@H](COP(=O)(O)OP3(=O)OCO3)[C@@H](O)[C@H]2O)c(=O)[nH]1. The number of rotatable bonds is 6. The van der Waals surface area contributed by atoms with Gasteiger partial charge >= 0.3 is 15.6 Å². The van der Waals surface area contributed by atoms with Crippen molar-refractivity contribution < 1.29 is 46.9 Å². The number of aliphatic hydroxyl groups is 2. The Bertz CT molecular complexity index is 1080. The van der Waals surface area contributed by atoms with Gasteiger partial charge in [-0.25, -0.2) is 14.1 Å². The summed E-state index contributed by atoms with van der Waals surface area (Å²) in [6.07, 6.45) is -4.54. The zero-order valence-electron chi connectivity index (χ0n) is 14.2. The Labute approximate surface area is 160 Å². The first-order valence-corrected chi connectivity index (χ1v) is 10.9. The number of nitrogens with two attached hydrogens (primary N) is 1. The lowest BCUT2D eigenvalue weighted by molar-refractivity contribution is -0.0538. The number of phosphoric ester groups is 2. The van der Waals surface area contributed by atoms with Crippen LogP contribution in [-0.2, 0) is 31.7 Å². The molecule has 4 heterocycles. The van der Waals surface area contributed by atoms with E-state index in [-0.39, 0.29) is 23.9 Å². The second-order valence-electron chi connectivity index (χ2n) is 5.99. The van der Waals surface area contributed by atoms with Crippen molar-refractivity contribution in [1.29, 1.82) is 0 Å². The third kappa shape index (κ3) is 3.87. The normalized spacial score (nSPS) is 30.9. The van der Waals surface area contributed by atoms with Gasteiger partial charge in [-0.2, -0.15) is 9.29 Å². The number of H-pyrrole nitrogens is 1. The lowest BCUT2D eigenvalue weighted by atomic mass is 10.1. The molecule has 1 unspecified atom stereocenters. The van der Waals surface area contributed by atoms with Gasteiger partial charge in [0.05, 0.1) is 12.9 Å². The molecular formula is C11H15N5O11P2. The Morgan fingerprint density at radius 1 is 1.41 bits per heavy atom. The molecule has 0 aromatic carbocycles.